The van der Waals surface area contributed by atoms with Crippen molar-refractivity contribution < 1.29 is 8.78 Å². The monoisotopic (exact) mass is 209 g/mol. The van der Waals surface area contributed by atoms with Gasteiger partial charge in [0.05, 0.1) is 0 Å². The first-order chi connectivity index (χ1) is 7.15. The van der Waals surface area contributed by atoms with Gasteiger partial charge in [-0.05, 0) is 24.5 Å². The van der Waals surface area contributed by atoms with Gasteiger partial charge in [-0.15, -0.1) is 0 Å². The van der Waals surface area contributed by atoms with Gasteiger partial charge in [-0.25, -0.2) is 8.78 Å². The maximum atomic E-state index is 13.0. The van der Waals surface area contributed by atoms with Gasteiger partial charge < -0.3 is 5.32 Å². The number of halogens is 2. The summed E-state index contributed by atoms with van der Waals surface area (Å²) in [4.78, 5) is 0. The predicted molar refractivity (Wildman–Crippen MR) is 56.1 cm³/mol. The normalized spacial score (nSPS) is 20.7. The summed E-state index contributed by atoms with van der Waals surface area (Å²) in [5, 5.41) is 3.17. The summed E-state index contributed by atoms with van der Waals surface area (Å²) in [6.07, 6.45) is 2.93. The van der Waals surface area contributed by atoms with Crippen LogP contribution in [0.1, 0.15) is 18.9 Å². The summed E-state index contributed by atoms with van der Waals surface area (Å²) in [6.45, 7) is 2.98. The lowest BCUT2D eigenvalue weighted by molar-refractivity contribution is 0.548. The molecule has 3 heteroatoms. The fourth-order valence-corrected chi connectivity index (χ4v) is 1.69. The summed E-state index contributed by atoms with van der Waals surface area (Å²) in [5.74, 6) is -0.496. The zero-order valence-electron chi connectivity index (χ0n) is 8.56. The van der Waals surface area contributed by atoms with Gasteiger partial charge in [0.25, 0.3) is 0 Å². The van der Waals surface area contributed by atoms with E-state index >= 15 is 0 Å². The molecule has 80 valence electrons. The lowest BCUT2D eigenvalue weighted by atomic mass is 10.0. The molecule has 15 heavy (non-hydrogen) atoms. The molecule has 0 amide bonds. The maximum absolute atomic E-state index is 13.0. The molecular formula is C12H13F2N. The van der Waals surface area contributed by atoms with Gasteiger partial charge in [0, 0.05) is 23.9 Å². The molecule has 1 aromatic rings. The van der Waals surface area contributed by atoms with E-state index in [1.165, 1.54) is 12.1 Å². The van der Waals surface area contributed by atoms with Crippen molar-refractivity contribution in [2.75, 3.05) is 6.54 Å². The van der Waals surface area contributed by atoms with Crippen LogP contribution >= 0.6 is 0 Å². The predicted octanol–water partition coefficient (Wildman–Crippen LogP) is 2.94. The molecule has 0 saturated heterocycles. The average molecular weight is 209 g/mol. The molecule has 0 spiro atoms. The minimum Gasteiger partial charge on any atom is -0.385 e. The van der Waals surface area contributed by atoms with Crippen LogP contribution < -0.4 is 5.32 Å². The van der Waals surface area contributed by atoms with Crippen molar-refractivity contribution in [1.29, 1.82) is 0 Å². The molecule has 0 fully saturated rings. The van der Waals surface area contributed by atoms with Gasteiger partial charge >= 0.3 is 0 Å². The zero-order valence-corrected chi connectivity index (χ0v) is 8.56. The highest BCUT2D eigenvalue weighted by Crippen LogP contribution is 2.20. The number of nitrogens with one attached hydrogen (secondary N) is 1. The molecule has 1 heterocycles. The van der Waals surface area contributed by atoms with Crippen LogP contribution in [-0.2, 0) is 0 Å². The first kappa shape index (κ1) is 10.1. The molecule has 2 rings (SSSR count). The molecular weight excluding hydrogens is 196 g/mol. The van der Waals surface area contributed by atoms with Crippen molar-refractivity contribution in [3.05, 3.63) is 41.5 Å². The molecule has 0 aromatic heterocycles. The topological polar surface area (TPSA) is 12.0 Å². The second-order valence-electron chi connectivity index (χ2n) is 4.00. The molecule has 1 N–H and O–H groups in total. The van der Waals surface area contributed by atoms with Crippen LogP contribution in [0.5, 0.6) is 0 Å². The van der Waals surface area contributed by atoms with Crippen LogP contribution in [0.25, 0.3) is 5.70 Å². The van der Waals surface area contributed by atoms with Gasteiger partial charge in [-0.3, -0.25) is 0 Å². The number of hydrogen-bond donors (Lipinski definition) is 1. The largest absolute Gasteiger partial charge is 0.385 e. The molecule has 1 aliphatic rings. The van der Waals surface area contributed by atoms with Crippen LogP contribution in [-0.4, -0.2) is 6.54 Å². The average Bonchev–Trinajstić information content (AvgIpc) is 2.17. The molecule has 0 radical (unpaired) electrons. The molecule has 1 unspecified atom stereocenters. The van der Waals surface area contributed by atoms with E-state index in [0.717, 1.165) is 24.7 Å². The van der Waals surface area contributed by atoms with Crippen molar-refractivity contribution in [2.24, 2.45) is 5.92 Å². The van der Waals surface area contributed by atoms with Crippen molar-refractivity contribution in [2.45, 2.75) is 13.3 Å². The Hall–Kier alpha value is -1.38. The second kappa shape index (κ2) is 4.01. The summed E-state index contributed by atoms with van der Waals surface area (Å²) >= 11 is 0. The van der Waals surface area contributed by atoms with E-state index in [1.807, 2.05) is 6.08 Å². The van der Waals surface area contributed by atoms with E-state index in [4.69, 9.17) is 0 Å². The Morgan fingerprint density at radius 2 is 1.87 bits per heavy atom. The number of benzene rings is 1. The maximum Gasteiger partial charge on any atom is 0.126 e. The Kier molecular flexibility index (Phi) is 2.71. The molecule has 0 saturated carbocycles. The summed E-state index contributed by atoms with van der Waals surface area (Å²) in [6, 6.07) is 3.57. The molecule has 1 aliphatic heterocycles. The molecule has 1 atom stereocenters. The third kappa shape index (κ3) is 2.35. The highest BCUT2D eigenvalue weighted by Gasteiger charge is 2.11. The van der Waals surface area contributed by atoms with E-state index in [9.17, 15) is 8.78 Å². The van der Waals surface area contributed by atoms with E-state index < -0.39 is 11.6 Å². The standard InChI is InChI=1S/C12H13F2N/c1-8-2-3-12(15-7-8)9-4-10(13)6-11(14)5-9/h3-6,8,15H,2,7H2,1H3. The van der Waals surface area contributed by atoms with Crippen molar-refractivity contribution in [3.63, 3.8) is 0 Å². The minimum atomic E-state index is -0.536. The van der Waals surface area contributed by atoms with Crippen LogP contribution in [0.3, 0.4) is 0 Å². The van der Waals surface area contributed by atoms with Crippen molar-refractivity contribution in [1.82, 2.24) is 5.32 Å². The first-order valence-electron chi connectivity index (χ1n) is 5.05. The second-order valence-corrected chi connectivity index (χ2v) is 4.00. The Morgan fingerprint density at radius 3 is 2.40 bits per heavy atom. The van der Waals surface area contributed by atoms with E-state index in [1.54, 1.807) is 0 Å². The van der Waals surface area contributed by atoms with Gasteiger partial charge in [0.1, 0.15) is 11.6 Å². The lowest BCUT2D eigenvalue weighted by Gasteiger charge is -2.21. The Morgan fingerprint density at radius 1 is 1.20 bits per heavy atom. The third-order valence-electron chi connectivity index (χ3n) is 2.54. The van der Waals surface area contributed by atoms with Crippen LogP contribution in [0, 0.1) is 17.6 Å². The Labute approximate surface area is 87.8 Å². The van der Waals surface area contributed by atoms with Crippen LogP contribution in [0.2, 0.25) is 0 Å². The highest BCUT2D eigenvalue weighted by atomic mass is 19.1. The fraction of sp³-hybridized carbons (Fsp3) is 0.333. The minimum absolute atomic E-state index is 0.536. The Balaban J connectivity index is 2.29. The van der Waals surface area contributed by atoms with E-state index in [0.29, 0.717) is 11.5 Å². The quantitative estimate of drug-likeness (QED) is 0.749. The van der Waals surface area contributed by atoms with Crippen molar-refractivity contribution >= 4 is 5.70 Å². The number of allylic oxidation sites excluding steroid dienone is 1. The summed E-state index contributed by atoms with van der Waals surface area (Å²) in [7, 11) is 0. The molecule has 1 aromatic carbocycles. The third-order valence-corrected chi connectivity index (χ3v) is 2.54. The van der Waals surface area contributed by atoms with Gasteiger partial charge in [-0.1, -0.05) is 13.0 Å². The van der Waals surface area contributed by atoms with E-state index in [2.05, 4.69) is 12.2 Å². The number of hydrogen-bond acceptors (Lipinski definition) is 1. The molecule has 0 bridgehead atoms. The van der Waals surface area contributed by atoms with Gasteiger partial charge in [0.15, 0.2) is 0 Å². The SMILES string of the molecule is CC1CC=C(c2cc(F)cc(F)c2)NC1. The fourth-order valence-electron chi connectivity index (χ4n) is 1.69. The van der Waals surface area contributed by atoms with Crippen LogP contribution in [0.15, 0.2) is 24.3 Å². The Bertz CT molecular complexity index is 378. The molecule has 0 aliphatic carbocycles. The smallest absolute Gasteiger partial charge is 0.126 e. The van der Waals surface area contributed by atoms with Crippen molar-refractivity contribution in [3.8, 4) is 0 Å². The lowest BCUT2D eigenvalue weighted by Crippen LogP contribution is -2.23. The first-order valence-corrected chi connectivity index (χ1v) is 5.05. The summed E-state index contributed by atoms with van der Waals surface area (Å²) in [5.41, 5.74) is 1.41. The van der Waals surface area contributed by atoms with E-state index in [-0.39, 0.29) is 0 Å². The zero-order chi connectivity index (χ0) is 10.8. The highest BCUT2D eigenvalue weighted by molar-refractivity contribution is 5.64. The molecule has 1 nitrogen and oxygen atoms in total. The van der Waals surface area contributed by atoms with Crippen LogP contribution in [0.4, 0.5) is 8.78 Å². The van der Waals surface area contributed by atoms with Gasteiger partial charge in [0.2, 0.25) is 0 Å². The van der Waals surface area contributed by atoms with Gasteiger partial charge in [-0.2, -0.15) is 0 Å². The number of rotatable bonds is 1. The summed E-state index contributed by atoms with van der Waals surface area (Å²) < 4.78 is 25.9.